The molecule has 6 nitrogen and oxygen atoms in total. The number of alkyl carbamates (subject to hydrolysis) is 1. The lowest BCUT2D eigenvalue weighted by Crippen LogP contribution is -2.41. The van der Waals surface area contributed by atoms with Crippen LogP contribution in [0, 0.1) is 0 Å². The maximum atomic E-state index is 11.4. The fraction of sp³-hybridized carbons (Fsp3) is 0.769. The topological polar surface area (TPSA) is 81.7 Å². The maximum Gasteiger partial charge on any atom is 0.408 e. The molecule has 0 rings (SSSR count). The molecule has 0 aliphatic rings. The van der Waals surface area contributed by atoms with Gasteiger partial charge in [0.25, 0.3) is 0 Å². The highest BCUT2D eigenvalue weighted by molar-refractivity contribution is 5.79. The molecule has 6 heteroatoms. The lowest BCUT2D eigenvalue weighted by Gasteiger charge is -2.21. The second-order valence-corrected chi connectivity index (χ2v) is 5.17. The Balaban J connectivity index is 4.10. The van der Waals surface area contributed by atoms with Crippen LogP contribution in [-0.2, 0) is 19.1 Å². The molecule has 1 amide bonds. The van der Waals surface area contributed by atoms with E-state index >= 15 is 0 Å². The Kier molecular flexibility index (Phi) is 7.79. The van der Waals surface area contributed by atoms with Crippen LogP contribution >= 0.6 is 0 Å². The highest BCUT2D eigenvalue weighted by Crippen LogP contribution is 2.07. The van der Waals surface area contributed by atoms with Gasteiger partial charge in [-0.2, -0.15) is 0 Å². The van der Waals surface area contributed by atoms with Gasteiger partial charge in [-0.05, 0) is 27.2 Å². The van der Waals surface area contributed by atoms with Gasteiger partial charge in [-0.1, -0.05) is 13.3 Å². The van der Waals surface area contributed by atoms with Gasteiger partial charge in [0.1, 0.15) is 11.9 Å². The molecule has 0 unspecified atom stereocenters. The molecule has 1 N–H and O–H groups in total. The van der Waals surface area contributed by atoms with Crippen LogP contribution in [0.2, 0.25) is 0 Å². The molecule has 0 aliphatic heterocycles. The van der Waals surface area contributed by atoms with E-state index in [1.165, 1.54) is 0 Å². The average Bonchev–Trinajstić information content (AvgIpc) is 2.25. The zero-order chi connectivity index (χ0) is 14.9. The van der Waals surface area contributed by atoms with Gasteiger partial charge in [0.2, 0.25) is 0 Å². The molecule has 19 heavy (non-hydrogen) atoms. The second-order valence-electron chi connectivity index (χ2n) is 5.17. The van der Waals surface area contributed by atoms with Gasteiger partial charge in [-0.25, -0.2) is 4.79 Å². The molecule has 0 aromatic carbocycles. The van der Waals surface area contributed by atoms with E-state index in [-0.39, 0.29) is 6.42 Å². The van der Waals surface area contributed by atoms with Crippen molar-refractivity contribution in [2.75, 3.05) is 6.61 Å². The van der Waals surface area contributed by atoms with Gasteiger partial charge in [0.05, 0.1) is 19.1 Å². The minimum Gasteiger partial charge on any atom is -0.466 e. The number of nitrogens with one attached hydrogen (secondary N) is 1. The molecule has 0 aliphatic carbocycles. The van der Waals surface area contributed by atoms with E-state index in [1.54, 1.807) is 20.8 Å². The van der Waals surface area contributed by atoms with Crippen LogP contribution in [-0.4, -0.2) is 36.6 Å². The summed E-state index contributed by atoms with van der Waals surface area (Å²) < 4.78 is 9.90. The highest BCUT2D eigenvalue weighted by Gasteiger charge is 2.21. The molecule has 0 heterocycles. The number of unbranched alkanes of at least 4 members (excludes halogenated alkanes) is 1. The molecule has 0 bridgehead atoms. The molecule has 0 saturated heterocycles. The third kappa shape index (κ3) is 10.1. The monoisotopic (exact) mass is 273 g/mol. The Morgan fingerprint density at radius 2 is 1.95 bits per heavy atom. The molecule has 0 fully saturated rings. The van der Waals surface area contributed by atoms with Crippen LogP contribution in [0.15, 0.2) is 0 Å². The van der Waals surface area contributed by atoms with E-state index in [4.69, 9.17) is 9.47 Å². The summed E-state index contributed by atoms with van der Waals surface area (Å²) in [5, 5.41) is 2.31. The predicted octanol–water partition coefficient (Wildman–Crippen LogP) is 1.81. The van der Waals surface area contributed by atoms with Crippen LogP contribution < -0.4 is 5.32 Å². The van der Waals surface area contributed by atoms with Crippen molar-refractivity contribution in [3.63, 3.8) is 0 Å². The van der Waals surface area contributed by atoms with Crippen LogP contribution in [0.25, 0.3) is 0 Å². The minimum absolute atomic E-state index is 0.188. The van der Waals surface area contributed by atoms with E-state index in [1.807, 2.05) is 6.92 Å². The van der Waals surface area contributed by atoms with Crippen molar-refractivity contribution in [1.82, 2.24) is 5.32 Å². The van der Waals surface area contributed by atoms with Gasteiger partial charge in [-0.15, -0.1) is 0 Å². The van der Waals surface area contributed by atoms with Crippen molar-refractivity contribution in [2.24, 2.45) is 0 Å². The van der Waals surface area contributed by atoms with Crippen molar-refractivity contribution in [3.8, 4) is 0 Å². The van der Waals surface area contributed by atoms with E-state index in [0.717, 1.165) is 12.8 Å². The summed E-state index contributed by atoms with van der Waals surface area (Å²) in [5.74, 6) is -0.512. The number of hydrogen-bond donors (Lipinski definition) is 1. The molecule has 0 spiro atoms. The first kappa shape index (κ1) is 17.4. The zero-order valence-corrected chi connectivity index (χ0v) is 12.0. The standard InChI is InChI=1S/C13H23NO5/c1-5-6-7-18-11(16)8-10(9-15)14-12(17)19-13(2,3)4/h9-10H,5-8H2,1-4H3,(H,14,17)/t10-/m1/s1. The molecular weight excluding hydrogens is 250 g/mol. The minimum atomic E-state index is -0.927. The van der Waals surface area contributed by atoms with Crippen molar-refractivity contribution in [2.45, 2.75) is 58.6 Å². The molecule has 110 valence electrons. The first-order valence-electron chi connectivity index (χ1n) is 6.39. The van der Waals surface area contributed by atoms with E-state index in [9.17, 15) is 14.4 Å². The third-order valence-electron chi connectivity index (χ3n) is 2.01. The fourth-order valence-electron chi connectivity index (χ4n) is 1.16. The number of esters is 1. The first-order valence-corrected chi connectivity index (χ1v) is 6.39. The number of hydrogen-bond acceptors (Lipinski definition) is 5. The summed E-state index contributed by atoms with van der Waals surface area (Å²) >= 11 is 0. The Morgan fingerprint density at radius 3 is 2.42 bits per heavy atom. The summed E-state index contributed by atoms with van der Waals surface area (Å²) in [7, 11) is 0. The summed E-state index contributed by atoms with van der Waals surface area (Å²) in [5.41, 5.74) is -0.654. The van der Waals surface area contributed by atoms with Crippen LogP contribution in [0.5, 0.6) is 0 Å². The number of ether oxygens (including phenoxy) is 2. The normalized spacial score (nSPS) is 12.4. The van der Waals surface area contributed by atoms with Gasteiger partial charge in [0.15, 0.2) is 0 Å². The summed E-state index contributed by atoms with van der Waals surface area (Å²) in [6.45, 7) is 7.43. The number of rotatable bonds is 7. The molecule has 1 atom stereocenters. The van der Waals surface area contributed by atoms with Gasteiger partial charge >= 0.3 is 12.1 Å². The van der Waals surface area contributed by atoms with Gasteiger partial charge in [-0.3, -0.25) is 4.79 Å². The number of aldehydes is 1. The highest BCUT2D eigenvalue weighted by atomic mass is 16.6. The van der Waals surface area contributed by atoms with Crippen molar-refractivity contribution in [3.05, 3.63) is 0 Å². The van der Waals surface area contributed by atoms with Crippen molar-refractivity contribution >= 4 is 18.3 Å². The van der Waals surface area contributed by atoms with Crippen LogP contribution in [0.1, 0.15) is 47.0 Å². The maximum absolute atomic E-state index is 11.4. The van der Waals surface area contributed by atoms with Gasteiger partial charge in [0, 0.05) is 0 Å². The molecular formula is C13H23NO5. The largest absolute Gasteiger partial charge is 0.466 e. The molecule has 0 aromatic rings. The Labute approximate surface area is 113 Å². The van der Waals surface area contributed by atoms with Crippen molar-refractivity contribution in [1.29, 1.82) is 0 Å². The average molecular weight is 273 g/mol. The smallest absolute Gasteiger partial charge is 0.408 e. The fourth-order valence-corrected chi connectivity index (χ4v) is 1.16. The Hall–Kier alpha value is -1.59. The SMILES string of the molecule is CCCCOC(=O)C[C@H](C=O)NC(=O)OC(C)(C)C. The summed E-state index contributed by atoms with van der Waals surface area (Å²) in [6, 6.07) is -0.927. The number of carbonyl (C=O) groups excluding carboxylic acids is 3. The van der Waals surface area contributed by atoms with Gasteiger partial charge < -0.3 is 19.6 Å². The van der Waals surface area contributed by atoms with Crippen LogP contribution in [0.4, 0.5) is 4.79 Å². The second kappa shape index (κ2) is 8.50. The lowest BCUT2D eigenvalue weighted by atomic mass is 10.2. The Morgan fingerprint density at radius 1 is 1.32 bits per heavy atom. The summed E-state index contributed by atoms with van der Waals surface area (Å²) in [4.78, 5) is 33.6. The molecule has 0 radical (unpaired) electrons. The van der Waals surface area contributed by atoms with Crippen molar-refractivity contribution < 1.29 is 23.9 Å². The number of carbonyl (C=O) groups is 3. The van der Waals surface area contributed by atoms with E-state index in [0.29, 0.717) is 12.9 Å². The predicted molar refractivity (Wildman–Crippen MR) is 69.7 cm³/mol. The third-order valence-corrected chi connectivity index (χ3v) is 2.01. The zero-order valence-electron chi connectivity index (χ0n) is 12.0. The van der Waals surface area contributed by atoms with E-state index < -0.39 is 23.7 Å². The number of amides is 1. The van der Waals surface area contributed by atoms with Crippen LogP contribution in [0.3, 0.4) is 0 Å². The summed E-state index contributed by atoms with van der Waals surface area (Å²) in [6.07, 6.45) is 1.26. The molecule has 0 saturated carbocycles. The quantitative estimate of drug-likeness (QED) is 0.434. The first-order chi connectivity index (χ1) is 8.78. The van der Waals surface area contributed by atoms with E-state index in [2.05, 4.69) is 5.32 Å². The molecule has 0 aromatic heterocycles. The lowest BCUT2D eigenvalue weighted by molar-refractivity contribution is -0.144. The Bertz CT molecular complexity index is 309.